The summed E-state index contributed by atoms with van der Waals surface area (Å²) in [5.41, 5.74) is 0.244. The standard InChI is InChI=1S/C10H10ClNO5/c1-16-10(13)17-6-5-7-8(11)3-2-4-9(7)12(14)15/h2-4H,5-6H2,1H3. The summed E-state index contributed by atoms with van der Waals surface area (Å²) < 4.78 is 8.91. The van der Waals surface area contributed by atoms with Crippen LogP contribution in [-0.4, -0.2) is 24.8 Å². The number of nitrogens with zero attached hydrogens (tertiary/aromatic N) is 1. The molecule has 0 radical (unpaired) electrons. The molecule has 0 bridgehead atoms. The van der Waals surface area contributed by atoms with Gasteiger partial charge in [-0.25, -0.2) is 4.79 Å². The summed E-state index contributed by atoms with van der Waals surface area (Å²) in [7, 11) is 1.18. The molecular formula is C10H10ClNO5. The molecular weight excluding hydrogens is 250 g/mol. The van der Waals surface area contributed by atoms with Gasteiger partial charge in [0.15, 0.2) is 0 Å². The van der Waals surface area contributed by atoms with E-state index >= 15 is 0 Å². The van der Waals surface area contributed by atoms with Gasteiger partial charge in [-0.3, -0.25) is 10.1 Å². The van der Waals surface area contributed by atoms with Gasteiger partial charge in [0.05, 0.1) is 29.2 Å². The second kappa shape index (κ2) is 6.05. The van der Waals surface area contributed by atoms with Crippen molar-refractivity contribution >= 4 is 23.4 Å². The monoisotopic (exact) mass is 259 g/mol. The van der Waals surface area contributed by atoms with Crippen molar-refractivity contribution in [1.82, 2.24) is 0 Å². The molecule has 0 aromatic heterocycles. The molecule has 0 unspecified atom stereocenters. The van der Waals surface area contributed by atoms with E-state index < -0.39 is 11.1 Å². The van der Waals surface area contributed by atoms with Crippen LogP contribution in [0.25, 0.3) is 0 Å². The molecule has 0 amide bonds. The van der Waals surface area contributed by atoms with Crippen LogP contribution in [0.3, 0.4) is 0 Å². The molecule has 0 atom stereocenters. The lowest BCUT2D eigenvalue weighted by molar-refractivity contribution is -0.385. The highest BCUT2D eigenvalue weighted by Gasteiger charge is 2.16. The Hall–Kier alpha value is -1.82. The zero-order valence-electron chi connectivity index (χ0n) is 9.01. The Kier molecular flexibility index (Phi) is 4.71. The first-order valence-electron chi connectivity index (χ1n) is 4.68. The quantitative estimate of drug-likeness (QED) is 0.472. The van der Waals surface area contributed by atoms with E-state index in [0.29, 0.717) is 5.56 Å². The maximum absolute atomic E-state index is 10.7. The van der Waals surface area contributed by atoms with E-state index in [4.69, 9.17) is 11.6 Å². The van der Waals surface area contributed by atoms with Crippen molar-refractivity contribution in [1.29, 1.82) is 0 Å². The molecule has 0 fully saturated rings. The third kappa shape index (κ3) is 3.60. The third-order valence-electron chi connectivity index (χ3n) is 2.03. The fourth-order valence-electron chi connectivity index (χ4n) is 1.26. The van der Waals surface area contributed by atoms with Gasteiger partial charge >= 0.3 is 6.16 Å². The van der Waals surface area contributed by atoms with E-state index in [1.54, 1.807) is 6.07 Å². The molecule has 0 heterocycles. The van der Waals surface area contributed by atoms with Crippen molar-refractivity contribution in [2.24, 2.45) is 0 Å². The van der Waals surface area contributed by atoms with Gasteiger partial charge in [0.1, 0.15) is 0 Å². The third-order valence-corrected chi connectivity index (χ3v) is 2.38. The minimum atomic E-state index is -0.834. The zero-order valence-corrected chi connectivity index (χ0v) is 9.77. The van der Waals surface area contributed by atoms with Crippen LogP contribution in [0.1, 0.15) is 5.56 Å². The highest BCUT2D eigenvalue weighted by molar-refractivity contribution is 6.31. The van der Waals surface area contributed by atoms with Crippen LogP contribution in [0.2, 0.25) is 5.02 Å². The van der Waals surface area contributed by atoms with Crippen LogP contribution in [-0.2, 0) is 15.9 Å². The average molecular weight is 260 g/mol. The lowest BCUT2D eigenvalue weighted by atomic mass is 10.1. The number of rotatable bonds is 4. The lowest BCUT2D eigenvalue weighted by Crippen LogP contribution is -2.08. The maximum Gasteiger partial charge on any atom is 0.507 e. The van der Waals surface area contributed by atoms with Crippen LogP contribution >= 0.6 is 11.6 Å². The molecule has 0 N–H and O–H groups in total. The average Bonchev–Trinajstić information content (AvgIpc) is 2.30. The van der Waals surface area contributed by atoms with Crippen LogP contribution in [0.5, 0.6) is 0 Å². The second-order valence-corrected chi connectivity index (χ2v) is 3.45. The van der Waals surface area contributed by atoms with Gasteiger partial charge in [0, 0.05) is 12.5 Å². The first kappa shape index (κ1) is 13.2. The van der Waals surface area contributed by atoms with Crippen molar-refractivity contribution < 1.29 is 19.2 Å². The summed E-state index contributed by atoms with van der Waals surface area (Å²) in [6.45, 7) is -0.0305. The number of hydrogen-bond acceptors (Lipinski definition) is 5. The summed E-state index contributed by atoms with van der Waals surface area (Å²) in [5, 5.41) is 11.0. The normalized spacial score (nSPS) is 9.76. The molecule has 0 aliphatic heterocycles. The topological polar surface area (TPSA) is 78.7 Å². The molecule has 92 valence electrons. The first-order valence-corrected chi connectivity index (χ1v) is 5.06. The SMILES string of the molecule is COC(=O)OCCc1c(Cl)cccc1[N+](=O)[O-]. The molecule has 1 aromatic carbocycles. The van der Waals surface area contributed by atoms with E-state index in [0.717, 1.165) is 0 Å². The highest BCUT2D eigenvalue weighted by atomic mass is 35.5. The first-order chi connectivity index (χ1) is 8.06. The van der Waals surface area contributed by atoms with Crippen LogP contribution in [0, 0.1) is 10.1 Å². The van der Waals surface area contributed by atoms with Gasteiger partial charge in [-0.05, 0) is 6.07 Å². The van der Waals surface area contributed by atoms with Crippen molar-refractivity contribution in [3.05, 3.63) is 38.9 Å². The highest BCUT2D eigenvalue weighted by Crippen LogP contribution is 2.26. The van der Waals surface area contributed by atoms with E-state index in [-0.39, 0.29) is 23.7 Å². The van der Waals surface area contributed by atoms with Gasteiger partial charge in [0.25, 0.3) is 5.69 Å². The smallest absolute Gasteiger partial charge is 0.438 e. The fraction of sp³-hybridized carbons (Fsp3) is 0.300. The molecule has 6 nitrogen and oxygen atoms in total. The summed E-state index contributed by atoms with van der Waals surface area (Å²) >= 11 is 5.85. The number of benzene rings is 1. The Balaban J connectivity index is 2.76. The molecule has 1 rings (SSSR count). The van der Waals surface area contributed by atoms with Crippen LogP contribution in [0.4, 0.5) is 10.5 Å². The van der Waals surface area contributed by atoms with Crippen LogP contribution < -0.4 is 0 Å². The zero-order chi connectivity index (χ0) is 12.8. The van der Waals surface area contributed by atoms with Crippen molar-refractivity contribution in [3.8, 4) is 0 Å². The number of methoxy groups -OCH3 is 1. The largest absolute Gasteiger partial charge is 0.507 e. The maximum atomic E-state index is 10.7. The van der Waals surface area contributed by atoms with Crippen molar-refractivity contribution in [2.45, 2.75) is 6.42 Å². The number of ether oxygens (including phenoxy) is 2. The molecule has 0 aliphatic carbocycles. The summed E-state index contributed by atoms with van der Waals surface area (Å²) in [6, 6.07) is 4.38. The molecule has 1 aromatic rings. The Labute approximate surface area is 102 Å². The summed E-state index contributed by atoms with van der Waals surface area (Å²) in [4.78, 5) is 20.9. The van der Waals surface area contributed by atoms with E-state index in [1.165, 1.54) is 19.2 Å². The van der Waals surface area contributed by atoms with Crippen molar-refractivity contribution in [2.75, 3.05) is 13.7 Å². The van der Waals surface area contributed by atoms with E-state index in [9.17, 15) is 14.9 Å². The number of carbonyl (C=O) groups excluding carboxylic acids is 1. The van der Waals surface area contributed by atoms with Gasteiger partial charge in [-0.2, -0.15) is 0 Å². The lowest BCUT2D eigenvalue weighted by Gasteiger charge is -2.05. The molecule has 0 aliphatic rings. The van der Waals surface area contributed by atoms with Gasteiger partial charge < -0.3 is 9.47 Å². The summed E-state index contributed by atoms with van der Waals surface area (Å²) in [5.74, 6) is 0. The Morgan fingerprint density at radius 1 is 1.53 bits per heavy atom. The van der Waals surface area contributed by atoms with E-state index in [1.807, 2.05) is 0 Å². The second-order valence-electron chi connectivity index (χ2n) is 3.05. The number of nitro benzene ring substituents is 1. The fourth-order valence-corrected chi connectivity index (χ4v) is 1.53. The van der Waals surface area contributed by atoms with Gasteiger partial charge in [0.2, 0.25) is 0 Å². The van der Waals surface area contributed by atoms with E-state index in [2.05, 4.69) is 9.47 Å². The Bertz CT molecular complexity index is 435. The number of halogens is 1. The Morgan fingerprint density at radius 3 is 2.82 bits per heavy atom. The molecule has 0 spiro atoms. The predicted molar refractivity (Wildman–Crippen MR) is 60.2 cm³/mol. The molecule has 0 saturated carbocycles. The number of carbonyl (C=O) groups is 1. The molecule has 17 heavy (non-hydrogen) atoms. The molecule has 0 saturated heterocycles. The Morgan fingerprint density at radius 2 is 2.24 bits per heavy atom. The summed E-state index contributed by atoms with van der Waals surface area (Å²) in [6.07, 6.45) is -0.676. The van der Waals surface area contributed by atoms with Gasteiger partial charge in [-0.15, -0.1) is 0 Å². The minimum Gasteiger partial charge on any atom is -0.438 e. The van der Waals surface area contributed by atoms with Crippen LogP contribution in [0.15, 0.2) is 18.2 Å². The number of nitro groups is 1. The predicted octanol–water partition coefficient (Wildman–Crippen LogP) is 2.57. The van der Waals surface area contributed by atoms with Crippen molar-refractivity contribution in [3.63, 3.8) is 0 Å². The van der Waals surface area contributed by atoms with Gasteiger partial charge in [-0.1, -0.05) is 17.7 Å². The number of hydrogen-bond donors (Lipinski definition) is 0. The molecule has 7 heteroatoms. The minimum absolute atomic E-state index is 0.0305.